The van der Waals surface area contributed by atoms with E-state index in [2.05, 4.69) is 4.72 Å². The normalized spacial score (nSPS) is 18.9. The highest BCUT2D eigenvalue weighted by atomic mass is 35.5. The van der Waals surface area contributed by atoms with Crippen molar-refractivity contribution in [2.24, 2.45) is 5.92 Å². The molecule has 1 aromatic carbocycles. The van der Waals surface area contributed by atoms with E-state index in [0.717, 1.165) is 12.8 Å². The van der Waals surface area contributed by atoms with Gasteiger partial charge in [0.25, 0.3) is 0 Å². The largest absolute Gasteiger partial charge is 0.397 e. The number of benzene rings is 1. The third kappa shape index (κ3) is 3.65. The zero-order valence-corrected chi connectivity index (χ0v) is 13.2. The van der Waals surface area contributed by atoms with Crippen LogP contribution in [0.1, 0.15) is 39.0 Å². The molecule has 0 bridgehead atoms. The van der Waals surface area contributed by atoms with Gasteiger partial charge >= 0.3 is 0 Å². The Labute approximate surface area is 125 Å². The van der Waals surface area contributed by atoms with Gasteiger partial charge in [-0.25, -0.2) is 13.1 Å². The predicted molar refractivity (Wildman–Crippen MR) is 82.2 cm³/mol. The summed E-state index contributed by atoms with van der Waals surface area (Å²) >= 11 is 5.82. The van der Waals surface area contributed by atoms with Gasteiger partial charge in [-0.2, -0.15) is 0 Å². The minimum absolute atomic E-state index is 0.0581. The van der Waals surface area contributed by atoms with Gasteiger partial charge < -0.3 is 5.73 Å². The number of sulfonamides is 1. The van der Waals surface area contributed by atoms with Crippen molar-refractivity contribution in [3.8, 4) is 0 Å². The van der Waals surface area contributed by atoms with E-state index in [9.17, 15) is 8.42 Å². The molecule has 1 aromatic rings. The Morgan fingerprint density at radius 3 is 2.55 bits per heavy atom. The molecule has 2 rings (SSSR count). The molecule has 0 aromatic heterocycles. The van der Waals surface area contributed by atoms with Crippen LogP contribution in [0.2, 0.25) is 5.02 Å². The van der Waals surface area contributed by atoms with E-state index >= 15 is 0 Å². The molecular weight excluding hydrogens is 296 g/mol. The molecule has 0 heterocycles. The maximum Gasteiger partial charge on any atom is 0.240 e. The summed E-state index contributed by atoms with van der Waals surface area (Å²) in [5.74, 6) is 0.420. The highest BCUT2D eigenvalue weighted by Gasteiger charge is 2.25. The third-order valence-corrected chi connectivity index (χ3v) is 5.88. The second kappa shape index (κ2) is 6.33. The molecule has 1 fully saturated rings. The van der Waals surface area contributed by atoms with Crippen molar-refractivity contribution in [3.63, 3.8) is 0 Å². The number of anilines is 1. The molecule has 1 aliphatic carbocycles. The molecule has 0 aliphatic heterocycles. The van der Waals surface area contributed by atoms with Crippen LogP contribution in [0.4, 0.5) is 5.69 Å². The van der Waals surface area contributed by atoms with Gasteiger partial charge in [0, 0.05) is 6.04 Å². The number of nitrogen functional groups attached to an aromatic ring is 1. The lowest BCUT2D eigenvalue weighted by molar-refractivity contribution is 0.303. The molecule has 20 heavy (non-hydrogen) atoms. The Morgan fingerprint density at radius 2 is 1.95 bits per heavy atom. The number of nitrogens with one attached hydrogen (secondary N) is 1. The van der Waals surface area contributed by atoms with Gasteiger partial charge in [0.15, 0.2) is 0 Å². The minimum Gasteiger partial charge on any atom is -0.397 e. The van der Waals surface area contributed by atoms with Crippen molar-refractivity contribution in [1.29, 1.82) is 0 Å². The summed E-state index contributed by atoms with van der Waals surface area (Å²) in [6, 6.07) is 4.33. The molecule has 0 saturated heterocycles. The Balaban J connectivity index is 2.11. The van der Waals surface area contributed by atoms with Gasteiger partial charge in [0.1, 0.15) is 0 Å². The second-order valence-corrected chi connectivity index (χ2v) is 7.61. The Kier molecular flexibility index (Phi) is 4.94. The highest BCUT2D eigenvalue weighted by Crippen LogP contribution is 2.28. The van der Waals surface area contributed by atoms with E-state index in [0.29, 0.717) is 10.9 Å². The molecule has 1 unspecified atom stereocenters. The molecule has 0 amide bonds. The van der Waals surface area contributed by atoms with Gasteiger partial charge in [-0.3, -0.25) is 0 Å². The van der Waals surface area contributed by atoms with E-state index in [1.54, 1.807) is 0 Å². The number of nitrogens with two attached hydrogens (primary N) is 1. The summed E-state index contributed by atoms with van der Waals surface area (Å²) in [5.41, 5.74) is 5.94. The lowest BCUT2D eigenvalue weighted by Gasteiger charge is -2.28. The second-order valence-electron chi connectivity index (χ2n) is 5.49. The van der Waals surface area contributed by atoms with E-state index in [1.165, 1.54) is 37.5 Å². The van der Waals surface area contributed by atoms with Crippen LogP contribution < -0.4 is 10.5 Å². The molecule has 1 aliphatic rings. The highest BCUT2D eigenvalue weighted by molar-refractivity contribution is 7.89. The van der Waals surface area contributed by atoms with Crippen LogP contribution in [-0.4, -0.2) is 14.5 Å². The Morgan fingerprint density at radius 1 is 1.30 bits per heavy atom. The standard InChI is InChI=1S/C14H21ClN2O2S/c1-10(11-5-3-2-4-6-11)17-20(18,19)12-7-8-13(15)14(16)9-12/h7-11,17H,2-6,16H2,1H3. The van der Waals surface area contributed by atoms with Crippen molar-refractivity contribution in [3.05, 3.63) is 23.2 Å². The van der Waals surface area contributed by atoms with Gasteiger partial charge in [-0.05, 0) is 43.9 Å². The third-order valence-electron chi connectivity index (χ3n) is 3.98. The topological polar surface area (TPSA) is 72.2 Å². The maximum absolute atomic E-state index is 12.3. The van der Waals surface area contributed by atoms with E-state index in [-0.39, 0.29) is 16.6 Å². The van der Waals surface area contributed by atoms with Crippen molar-refractivity contribution >= 4 is 27.3 Å². The first-order valence-corrected chi connectivity index (χ1v) is 8.83. The van der Waals surface area contributed by atoms with Crippen molar-refractivity contribution < 1.29 is 8.42 Å². The molecule has 4 nitrogen and oxygen atoms in total. The van der Waals surface area contributed by atoms with Crippen molar-refractivity contribution in [2.75, 3.05) is 5.73 Å². The van der Waals surface area contributed by atoms with E-state index < -0.39 is 10.0 Å². The molecule has 6 heteroatoms. The SMILES string of the molecule is CC(NS(=O)(=O)c1ccc(Cl)c(N)c1)C1CCCCC1. The summed E-state index contributed by atoms with van der Waals surface area (Å²) in [7, 11) is -3.54. The quantitative estimate of drug-likeness (QED) is 0.838. The molecule has 1 atom stereocenters. The van der Waals surface area contributed by atoms with Gasteiger partial charge in [-0.1, -0.05) is 30.9 Å². The fourth-order valence-electron chi connectivity index (χ4n) is 2.73. The summed E-state index contributed by atoms with van der Waals surface area (Å²) in [5, 5.41) is 0.365. The van der Waals surface area contributed by atoms with Gasteiger partial charge in [0.2, 0.25) is 10.0 Å². The summed E-state index contributed by atoms with van der Waals surface area (Å²) < 4.78 is 27.4. The van der Waals surface area contributed by atoms with Crippen LogP contribution in [0.15, 0.2) is 23.1 Å². The fourth-order valence-corrected chi connectivity index (χ4v) is 4.20. The summed E-state index contributed by atoms with van der Waals surface area (Å²) in [6.45, 7) is 1.94. The van der Waals surface area contributed by atoms with Crippen LogP contribution in [0.3, 0.4) is 0 Å². The number of halogens is 1. The summed E-state index contributed by atoms with van der Waals surface area (Å²) in [4.78, 5) is 0.169. The smallest absolute Gasteiger partial charge is 0.240 e. The maximum atomic E-state index is 12.3. The fraction of sp³-hybridized carbons (Fsp3) is 0.571. The van der Waals surface area contributed by atoms with Crippen LogP contribution >= 0.6 is 11.6 Å². The first-order chi connectivity index (χ1) is 9.40. The molecule has 0 radical (unpaired) electrons. The molecular formula is C14H21ClN2O2S. The zero-order valence-electron chi connectivity index (χ0n) is 11.6. The minimum atomic E-state index is -3.54. The zero-order chi connectivity index (χ0) is 14.8. The number of rotatable bonds is 4. The van der Waals surface area contributed by atoms with Gasteiger partial charge in [0.05, 0.1) is 15.6 Å². The van der Waals surface area contributed by atoms with E-state index in [1.807, 2.05) is 6.92 Å². The lowest BCUT2D eigenvalue weighted by atomic mass is 9.85. The average molecular weight is 317 g/mol. The van der Waals surface area contributed by atoms with Crippen LogP contribution in [-0.2, 0) is 10.0 Å². The Hall–Kier alpha value is -0.780. The number of hydrogen-bond acceptors (Lipinski definition) is 3. The monoisotopic (exact) mass is 316 g/mol. The number of hydrogen-bond donors (Lipinski definition) is 2. The molecule has 1 saturated carbocycles. The Bertz CT molecular complexity index is 569. The lowest BCUT2D eigenvalue weighted by Crippen LogP contribution is -2.38. The first kappa shape index (κ1) is 15.6. The van der Waals surface area contributed by atoms with Crippen LogP contribution in [0.5, 0.6) is 0 Å². The van der Waals surface area contributed by atoms with Crippen molar-refractivity contribution in [2.45, 2.75) is 50.0 Å². The van der Waals surface area contributed by atoms with Crippen LogP contribution in [0.25, 0.3) is 0 Å². The predicted octanol–water partition coefficient (Wildman–Crippen LogP) is 3.17. The molecule has 112 valence electrons. The van der Waals surface area contributed by atoms with Crippen LogP contribution in [0, 0.1) is 5.92 Å². The first-order valence-electron chi connectivity index (χ1n) is 6.97. The molecule has 3 N–H and O–H groups in total. The van der Waals surface area contributed by atoms with Crippen molar-refractivity contribution in [1.82, 2.24) is 4.72 Å². The summed E-state index contributed by atoms with van der Waals surface area (Å²) in [6.07, 6.45) is 5.80. The van der Waals surface area contributed by atoms with Gasteiger partial charge in [-0.15, -0.1) is 0 Å². The van der Waals surface area contributed by atoms with E-state index in [4.69, 9.17) is 17.3 Å². The molecule has 0 spiro atoms. The average Bonchev–Trinajstić information content (AvgIpc) is 2.42.